The van der Waals surface area contributed by atoms with E-state index >= 15 is 0 Å². The third kappa shape index (κ3) is 5.16. The van der Waals surface area contributed by atoms with E-state index in [-0.39, 0.29) is 36.4 Å². The Bertz CT molecular complexity index is 776. The summed E-state index contributed by atoms with van der Waals surface area (Å²) in [5.41, 5.74) is 2.26. The minimum absolute atomic E-state index is 0. The lowest BCUT2D eigenvalue weighted by atomic mass is 10.2. The van der Waals surface area contributed by atoms with Crippen molar-refractivity contribution in [1.82, 2.24) is 15.6 Å². The fourth-order valence-electron chi connectivity index (χ4n) is 2.88. The smallest absolute Gasteiger partial charge is 0.246 e. The molecule has 3 rings (SSSR count). The van der Waals surface area contributed by atoms with Crippen molar-refractivity contribution in [3.63, 3.8) is 0 Å². The number of fused-ring (bicyclic) bond motifs is 1. The van der Waals surface area contributed by atoms with E-state index < -0.39 is 0 Å². The maximum Gasteiger partial charge on any atom is 0.246 e. The second-order valence-electron chi connectivity index (χ2n) is 5.89. The Morgan fingerprint density at radius 2 is 2.15 bits per heavy atom. The number of nitrogens with zero attached hydrogens (tertiary/aromatic N) is 3. The first-order chi connectivity index (χ1) is 12.2. The average molecular weight is 485 g/mol. The molecule has 0 fully saturated rings. The minimum atomic E-state index is 0. The predicted octanol–water partition coefficient (Wildman–Crippen LogP) is 2.37. The molecule has 26 heavy (non-hydrogen) atoms. The lowest BCUT2D eigenvalue weighted by Gasteiger charge is -2.18. The lowest BCUT2D eigenvalue weighted by Crippen LogP contribution is -2.44. The maximum atomic E-state index is 12.5. The summed E-state index contributed by atoms with van der Waals surface area (Å²) >= 11 is 1.70. The highest BCUT2D eigenvalue weighted by atomic mass is 127. The van der Waals surface area contributed by atoms with Crippen molar-refractivity contribution in [3.8, 4) is 0 Å². The van der Waals surface area contributed by atoms with Crippen LogP contribution in [0.1, 0.15) is 15.4 Å². The van der Waals surface area contributed by atoms with Crippen molar-refractivity contribution in [2.24, 2.45) is 4.99 Å². The number of aromatic nitrogens is 1. The number of aryl methyl sites for hydroxylation is 1. The van der Waals surface area contributed by atoms with Crippen LogP contribution in [0.25, 0.3) is 0 Å². The van der Waals surface area contributed by atoms with Crippen molar-refractivity contribution in [3.05, 3.63) is 45.9 Å². The van der Waals surface area contributed by atoms with Gasteiger partial charge in [0.25, 0.3) is 0 Å². The third-order valence-corrected chi connectivity index (χ3v) is 5.09. The molecule has 1 amide bonds. The number of amides is 1. The number of carbonyl (C=O) groups excluding carboxylic acids is 1. The fraction of sp³-hybridized carbons (Fsp3) is 0.389. The zero-order valence-corrected chi connectivity index (χ0v) is 18.1. The molecule has 1 aliphatic heterocycles. The van der Waals surface area contributed by atoms with E-state index in [1.807, 2.05) is 29.3 Å². The van der Waals surface area contributed by atoms with E-state index in [1.54, 1.807) is 18.4 Å². The van der Waals surface area contributed by atoms with Crippen LogP contribution < -0.4 is 15.5 Å². The molecule has 0 unspecified atom stereocenters. The van der Waals surface area contributed by atoms with Crippen LogP contribution in [0.2, 0.25) is 0 Å². The molecule has 1 aromatic carbocycles. The largest absolute Gasteiger partial charge is 0.356 e. The Morgan fingerprint density at radius 1 is 1.35 bits per heavy atom. The monoisotopic (exact) mass is 485 g/mol. The van der Waals surface area contributed by atoms with Crippen LogP contribution in [0, 0.1) is 6.92 Å². The van der Waals surface area contributed by atoms with Gasteiger partial charge in [0.15, 0.2) is 5.96 Å². The summed E-state index contributed by atoms with van der Waals surface area (Å²) < 4.78 is 0. The van der Waals surface area contributed by atoms with Crippen molar-refractivity contribution in [1.29, 1.82) is 0 Å². The van der Waals surface area contributed by atoms with Gasteiger partial charge in [0.1, 0.15) is 0 Å². The summed E-state index contributed by atoms with van der Waals surface area (Å²) in [6.07, 6.45) is 3.65. The first-order valence-electron chi connectivity index (χ1n) is 8.41. The third-order valence-electron chi connectivity index (χ3n) is 4.12. The SMILES string of the molecule is CN=C(NCCc1ncc(C)s1)NCC(=O)N1CCc2ccccc21.I. The maximum absolute atomic E-state index is 12.5. The molecule has 0 aliphatic carbocycles. The van der Waals surface area contributed by atoms with Crippen molar-refractivity contribution in [2.75, 3.05) is 31.6 Å². The number of carbonyl (C=O) groups is 1. The van der Waals surface area contributed by atoms with Crippen LogP contribution in [-0.4, -0.2) is 43.5 Å². The van der Waals surface area contributed by atoms with Crippen LogP contribution in [-0.2, 0) is 17.6 Å². The Kier molecular flexibility index (Phi) is 7.83. The summed E-state index contributed by atoms with van der Waals surface area (Å²) in [7, 11) is 1.71. The first kappa shape index (κ1) is 20.6. The number of guanidine groups is 1. The van der Waals surface area contributed by atoms with Crippen molar-refractivity contribution < 1.29 is 4.79 Å². The molecule has 0 saturated carbocycles. The van der Waals surface area contributed by atoms with Gasteiger partial charge >= 0.3 is 0 Å². The van der Waals surface area contributed by atoms with Crippen LogP contribution in [0.4, 0.5) is 5.69 Å². The van der Waals surface area contributed by atoms with Gasteiger partial charge in [-0.15, -0.1) is 35.3 Å². The van der Waals surface area contributed by atoms with Crippen molar-refractivity contribution in [2.45, 2.75) is 19.8 Å². The quantitative estimate of drug-likeness (QED) is 0.388. The number of halogens is 1. The molecule has 0 radical (unpaired) electrons. The van der Waals surface area contributed by atoms with Crippen molar-refractivity contribution >= 4 is 52.9 Å². The summed E-state index contributed by atoms with van der Waals surface area (Å²) in [6.45, 7) is 3.75. The second-order valence-corrected chi connectivity index (χ2v) is 7.21. The highest BCUT2D eigenvalue weighted by molar-refractivity contribution is 14.0. The molecule has 140 valence electrons. The van der Waals surface area contributed by atoms with E-state index in [9.17, 15) is 4.79 Å². The summed E-state index contributed by atoms with van der Waals surface area (Å²) in [6, 6.07) is 8.07. The number of hydrogen-bond acceptors (Lipinski definition) is 4. The topological polar surface area (TPSA) is 69.6 Å². The number of para-hydroxylation sites is 1. The molecule has 2 N–H and O–H groups in total. The highest BCUT2D eigenvalue weighted by Gasteiger charge is 2.23. The standard InChI is InChI=1S/C18H23N5OS.HI/c1-13-11-21-16(25-13)7-9-20-18(19-2)22-12-17(24)23-10-8-14-5-3-4-6-15(14)23;/h3-6,11H,7-10,12H2,1-2H3,(H2,19,20,22);1H. The van der Waals surface area contributed by atoms with E-state index in [0.29, 0.717) is 5.96 Å². The van der Waals surface area contributed by atoms with Gasteiger partial charge in [-0.05, 0) is 25.0 Å². The van der Waals surface area contributed by atoms with Crippen LogP contribution >= 0.6 is 35.3 Å². The normalized spacial score (nSPS) is 13.2. The zero-order valence-electron chi connectivity index (χ0n) is 15.0. The summed E-state index contributed by atoms with van der Waals surface area (Å²) in [4.78, 5) is 24.1. The van der Waals surface area contributed by atoms with Gasteiger partial charge in [-0.25, -0.2) is 4.98 Å². The van der Waals surface area contributed by atoms with Gasteiger partial charge in [0.05, 0.1) is 11.6 Å². The molecule has 2 aromatic rings. The number of benzene rings is 1. The van der Waals surface area contributed by atoms with Gasteiger partial charge in [-0.2, -0.15) is 0 Å². The number of thiazole rings is 1. The molecule has 1 aliphatic rings. The number of anilines is 1. The average Bonchev–Trinajstić information content (AvgIpc) is 3.23. The number of rotatable bonds is 5. The van der Waals surface area contributed by atoms with E-state index in [1.165, 1.54) is 10.4 Å². The molecule has 6 nitrogen and oxygen atoms in total. The second kappa shape index (κ2) is 9.86. The van der Waals surface area contributed by atoms with Crippen LogP contribution in [0.3, 0.4) is 0 Å². The number of nitrogens with one attached hydrogen (secondary N) is 2. The molecule has 8 heteroatoms. The Labute approximate surface area is 175 Å². The Morgan fingerprint density at radius 3 is 2.88 bits per heavy atom. The highest BCUT2D eigenvalue weighted by Crippen LogP contribution is 2.27. The fourth-order valence-corrected chi connectivity index (χ4v) is 3.66. The Hall–Kier alpha value is -1.68. The summed E-state index contributed by atoms with van der Waals surface area (Å²) in [5.74, 6) is 0.692. The number of aliphatic imine (C=N–C) groups is 1. The first-order valence-corrected chi connectivity index (χ1v) is 9.23. The predicted molar refractivity (Wildman–Crippen MR) is 118 cm³/mol. The molecule has 0 saturated heterocycles. The van der Waals surface area contributed by atoms with Crippen LogP contribution in [0.5, 0.6) is 0 Å². The number of hydrogen-bond donors (Lipinski definition) is 2. The Balaban J connectivity index is 0.00000243. The van der Waals surface area contributed by atoms with Gasteiger partial charge < -0.3 is 15.5 Å². The zero-order chi connectivity index (χ0) is 17.6. The van der Waals surface area contributed by atoms with Gasteiger partial charge in [-0.1, -0.05) is 18.2 Å². The van der Waals surface area contributed by atoms with E-state index in [0.717, 1.165) is 36.6 Å². The minimum Gasteiger partial charge on any atom is -0.356 e. The molecule has 0 spiro atoms. The molecule has 0 bridgehead atoms. The van der Waals surface area contributed by atoms with Gasteiger partial charge in [0.2, 0.25) is 5.91 Å². The molecule has 2 heterocycles. The van der Waals surface area contributed by atoms with Gasteiger partial charge in [0, 0.05) is 43.3 Å². The summed E-state index contributed by atoms with van der Waals surface area (Å²) in [5, 5.41) is 7.43. The molecular formula is C18H24IN5OS. The molecule has 1 aromatic heterocycles. The lowest BCUT2D eigenvalue weighted by molar-refractivity contribution is -0.117. The molecular weight excluding hydrogens is 461 g/mol. The van der Waals surface area contributed by atoms with Crippen LogP contribution in [0.15, 0.2) is 35.5 Å². The molecule has 0 atom stereocenters. The van der Waals surface area contributed by atoms with E-state index in [4.69, 9.17) is 0 Å². The van der Waals surface area contributed by atoms with E-state index in [2.05, 4.69) is 33.6 Å². The van der Waals surface area contributed by atoms with Gasteiger partial charge in [-0.3, -0.25) is 9.79 Å².